The first-order chi connectivity index (χ1) is 7.61. The number of aliphatic hydroxyl groups is 1. The normalized spacial score (nSPS) is 12.9. The van der Waals surface area contributed by atoms with Crippen LogP contribution in [-0.4, -0.2) is 15.9 Å². The minimum absolute atomic E-state index is 0.260. The van der Waals surface area contributed by atoms with E-state index in [0.717, 1.165) is 0 Å². The van der Waals surface area contributed by atoms with Crippen molar-refractivity contribution in [2.24, 2.45) is 0 Å². The summed E-state index contributed by atoms with van der Waals surface area (Å²) in [5.41, 5.74) is 1.32. The molecule has 0 aliphatic carbocycles. The first-order valence-electron chi connectivity index (χ1n) is 4.95. The predicted molar refractivity (Wildman–Crippen MR) is 57.1 cm³/mol. The quantitative estimate of drug-likeness (QED) is 0.813. The van der Waals surface area contributed by atoms with Crippen LogP contribution in [0.3, 0.4) is 0 Å². The molecule has 0 aliphatic rings. The Bertz CT molecular complexity index is 581. The summed E-state index contributed by atoms with van der Waals surface area (Å²) in [6, 6.07) is 4.68. The maximum absolute atomic E-state index is 11.3. The van der Waals surface area contributed by atoms with Gasteiger partial charge in [-0.2, -0.15) is 0 Å². The number of rotatable bonds is 3. The van der Waals surface area contributed by atoms with E-state index in [1.165, 1.54) is 6.07 Å². The van der Waals surface area contributed by atoms with E-state index in [1.807, 2.05) is 0 Å². The number of ketones is 1. The van der Waals surface area contributed by atoms with Gasteiger partial charge in [0.2, 0.25) is 0 Å². The Kier molecular flexibility index (Phi) is 2.62. The van der Waals surface area contributed by atoms with Crippen molar-refractivity contribution in [1.29, 1.82) is 0 Å². The van der Waals surface area contributed by atoms with E-state index < -0.39 is 11.9 Å². The highest BCUT2D eigenvalue weighted by molar-refractivity contribution is 5.85. The molecule has 0 aliphatic heterocycles. The summed E-state index contributed by atoms with van der Waals surface area (Å²) in [5, 5.41) is 9.68. The van der Waals surface area contributed by atoms with Crippen molar-refractivity contribution in [3.05, 3.63) is 34.3 Å². The zero-order valence-electron chi connectivity index (χ0n) is 8.69. The molecule has 1 aromatic carbocycles. The number of hydrogen-bond acceptors (Lipinski definition) is 4. The van der Waals surface area contributed by atoms with Crippen LogP contribution in [0.1, 0.15) is 25.0 Å². The fourth-order valence-electron chi connectivity index (χ4n) is 1.51. The number of Topliss-reactive ketones (excluding diaryl/α,β-unsaturated/α-hetero) is 1. The van der Waals surface area contributed by atoms with Crippen molar-refractivity contribution in [3.8, 4) is 0 Å². The molecule has 1 unspecified atom stereocenters. The van der Waals surface area contributed by atoms with Gasteiger partial charge in [-0.1, -0.05) is 13.0 Å². The number of oxazole rings is 1. The van der Waals surface area contributed by atoms with Gasteiger partial charge in [0.05, 0.1) is 5.52 Å². The van der Waals surface area contributed by atoms with Gasteiger partial charge in [0.25, 0.3) is 0 Å². The number of benzene rings is 1. The van der Waals surface area contributed by atoms with E-state index in [2.05, 4.69) is 4.98 Å². The Labute approximate surface area is 90.7 Å². The molecular formula is C11H11NO4. The SMILES string of the molecule is CCC(=O)C(O)c1ccc2[nH]c(=O)oc2c1. The van der Waals surface area contributed by atoms with Crippen LogP contribution < -0.4 is 5.76 Å². The lowest BCUT2D eigenvalue weighted by Gasteiger charge is -2.07. The molecule has 2 rings (SSSR count). The zero-order chi connectivity index (χ0) is 11.7. The summed E-state index contributed by atoms with van der Waals surface area (Å²) in [6.07, 6.45) is -0.898. The van der Waals surface area contributed by atoms with Crippen LogP contribution in [0.4, 0.5) is 0 Å². The second kappa shape index (κ2) is 3.94. The number of carbonyl (C=O) groups is 1. The van der Waals surface area contributed by atoms with E-state index >= 15 is 0 Å². The Morgan fingerprint density at radius 2 is 2.31 bits per heavy atom. The molecule has 0 amide bonds. The molecule has 1 aromatic heterocycles. The highest BCUT2D eigenvalue weighted by Crippen LogP contribution is 2.19. The Morgan fingerprint density at radius 3 is 3.00 bits per heavy atom. The topological polar surface area (TPSA) is 83.3 Å². The summed E-state index contributed by atoms with van der Waals surface area (Å²) in [7, 11) is 0. The number of aromatic nitrogens is 1. The molecule has 16 heavy (non-hydrogen) atoms. The molecule has 1 heterocycles. The molecule has 5 heteroatoms. The van der Waals surface area contributed by atoms with Crippen LogP contribution in [0.5, 0.6) is 0 Å². The van der Waals surface area contributed by atoms with Crippen LogP contribution in [-0.2, 0) is 4.79 Å². The lowest BCUT2D eigenvalue weighted by molar-refractivity contribution is -0.127. The van der Waals surface area contributed by atoms with E-state index in [-0.39, 0.29) is 12.2 Å². The molecule has 0 fully saturated rings. The standard InChI is InChI=1S/C11H11NO4/c1-2-8(13)10(14)6-3-4-7-9(5-6)16-11(15)12-7/h3-5,10,14H,2H2,1H3,(H,12,15). The van der Waals surface area contributed by atoms with Crippen LogP contribution in [0, 0.1) is 0 Å². The second-order valence-electron chi connectivity index (χ2n) is 3.49. The molecule has 5 nitrogen and oxygen atoms in total. The Hall–Kier alpha value is -1.88. The maximum atomic E-state index is 11.3. The van der Waals surface area contributed by atoms with Gasteiger partial charge in [-0.05, 0) is 17.7 Å². The molecule has 0 radical (unpaired) electrons. The summed E-state index contributed by atoms with van der Waals surface area (Å²) in [6.45, 7) is 1.68. The first-order valence-corrected chi connectivity index (χ1v) is 4.95. The van der Waals surface area contributed by atoms with Gasteiger partial charge in [0.1, 0.15) is 6.10 Å². The molecular weight excluding hydrogens is 210 g/mol. The third-order valence-corrected chi connectivity index (χ3v) is 2.41. The van der Waals surface area contributed by atoms with Gasteiger partial charge in [0.15, 0.2) is 11.4 Å². The van der Waals surface area contributed by atoms with Crippen molar-refractivity contribution in [1.82, 2.24) is 4.98 Å². The molecule has 0 spiro atoms. The lowest BCUT2D eigenvalue weighted by atomic mass is 10.0. The predicted octanol–water partition coefficient (Wildman–Crippen LogP) is 1.13. The molecule has 2 N–H and O–H groups in total. The maximum Gasteiger partial charge on any atom is 0.417 e. The Balaban J connectivity index is 2.46. The average Bonchev–Trinajstić information content (AvgIpc) is 2.65. The molecule has 84 valence electrons. The van der Waals surface area contributed by atoms with E-state index in [9.17, 15) is 14.7 Å². The summed E-state index contributed by atoms with van der Waals surface area (Å²) < 4.78 is 4.84. The number of carbonyl (C=O) groups excluding carboxylic acids is 1. The van der Waals surface area contributed by atoms with Crippen LogP contribution in [0.15, 0.2) is 27.4 Å². The van der Waals surface area contributed by atoms with Gasteiger partial charge in [0, 0.05) is 6.42 Å². The minimum Gasteiger partial charge on any atom is -0.408 e. The van der Waals surface area contributed by atoms with Crippen molar-refractivity contribution >= 4 is 16.9 Å². The number of aromatic amines is 1. The van der Waals surface area contributed by atoms with E-state index in [0.29, 0.717) is 16.7 Å². The molecule has 0 saturated carbocycles. The fourth-order valence-corrected chi connectivity index (χ4v) is 1.51. The summed E-state index contributed by atoms with van der Waals surface area (Å²) in [5.74, 6) is -0.819. The Morgan fingerprint density at radius 1 is 1.56 bits per heavy atom. The highest BCUT2D eigenvalue weighted by atomic mass is 16.4. The van der Waals surface area contributed by atoms with E-state index in [4.69, 9.17) is 4.42 Å². The average molecular weight is 221 g/mol. The summed E-state index contributed by atoms with van der Waals surface area (Å²) >= 11 is 0. The zero-order valence-corrected chi connectivity index (χ0v) is 8.69. The fraction of sp³-hybridized carbons (Fsp3) is 0.273. The van der Waals surface area contributed by atoms with Crippen LogP contribution in [0.25, 0.3) is 11.1 Å². The minimum atomic E-state index is -1.16. The number of aliphatic hydroxyl groups excluding tert-OH is 1. The number of hydrogen-bond donors (Lipinski definition) is 2. The first kappa shape index (κ1) is 10.6. The highest BCUT2D eigenvalue weighted by Gasteiger charge is 2.16. The van der Waals surface area contributed by atoms with Crippen molar-refractivity contribution < 1.29 is 14.3 Å². The van der Waals surface area contributed by atoms with Crippen molar-refractivity contribution in [3.63, 3.8) is 0 Å². The number of fused-ring (bicyclic) bond motifs is 1. The largest absolute Gasteiger partial charge is 0.417 e. The summed E-state index contributed by atoms with van der Waals surface area (Å²) in [4.78, 5) is 24.7. The molecule has 1 atom stereocenters. The third kappa shape index (κ3) is 1.77. The van der Waals surface area contributed by atoms with Crippen molar-refractivity contribution in [2.45, 2.75) is 19.4 Å². The van der Waals surface area contributed by atoms with Gasteiger partial charge in [-0.25, -0.2) is 4.79 Å². The number of nitrogens with one attached hydrogen (secondary N) is 1. The third-order valence-electron chi connectivity index (χ3n) is 2.41. The van der Waals surface area contributed by atoms with Gasteiger partial charge >= 0.3 is 5.76 Å². The van der Waals surface area contributed by atoms with Crippen LogP contribution in [0.2, 0.25) is 0 Å². The molecule has 0 saturated heterocycles. The lowest BCUT2D eigenvalue weighted by Crippen LogP contribution is -2.10. The van der Waals surface area contributed by atoms with Crippen LogP contribution >= 0.6 is 0 Å². The monoisotopic (exact) mass is 221 g/mol. The van der Waals surface area contributed by atoms with Crippen molar-refractivity contribution in [2.75, 3.05) is 0 Å². The smallest absolute Gasteiger partial charge is 0.408 e. The van der Waals surface area contributed by atoms with Gasteiger partial charge in [-0.3, -0.25) is 9.78 Å². The molecule has 2 aromatic rings. The second-order valence-corrected chi connectivity index (χ2v) is 3.49. The van der Waals surface area contributed by atoms with Gasteiger partial charge < -0.3 is 9.52 Å². The van der Waals surface area contributed by atoms with E-state index in [1.54, 1.807) is 19.1 Å². The molecule has 0 bridgehead atoms. The van der Waals surface area contributed by atoms with Gasteiger partial charge in [-0.15, -0.1) is 0 Å². The number of H-pyrrole nitrogens is 1.